The molecule has 0 spiro atoms. The van der Waals surface area contributed by atoms with Gasteiger partial charge in [-0.2, -0.15) is 0 Å². The summed E-state index contributed by atoms with van der Waals surface area (Å²) in [6, 6.07) is 14.3. The molecule has 0 aliphatic heterocycles. The van der Waals surface area contributed by atoms with Gasteiger partial charge in [-0.05, 0) is 42.2 Å². The van der Waals surface area contributed by atoms with Crippen LogP contribution in [0.5, 0.6) is 0 Å². The Balaban J connectivity index is 1.93. The highest BCUT2D eigenvalue weighted by Crippen LogP contribution is 2.19. The number of carbonyl (C=O) groups is 1. The molecule has 0 fully saturated rings. The van der Waals surface area contributed by atoms with Crippen LogP contribution in [0.25, 0.3) is 0 Å². The van der Waals surface area contributed by atoms with Crippen LogP contribution in [-0.2, 0) is 0 Å². The lowest BCUT2D eigenvalue weighted by atomic mass is 10.1. The summed E-state index contributed by atoms with van der Waals surface area (Å²) in [5.74, 6) is -0.253. The minimum atomic E-state index is -0.732. The average Bonchev–Trinajstić information content (AvgIpc) is 2.52. The van der Waals surface area contributed by atoms with Crippen LogP contribution in [-0.4, -0.2) is 23.8 Å². The van der Waals surface area contributed by atoms with Gasteiger partial charge >= 0.3 is 0 Å². The van der Waals surface area contributed by atoms with Crippen molar-refractivity contribution in [2.24, 2.45) is 0 Å². The molecular formula is C16H16ClNO2S. The van der Waals surface area contributed by atoms with Gasteiger partial charge in [0.15, 0.2) is 0 Å². The van der Waals surface area contributed by atoms with Crippen LogP contribution in [0.1, 0.15) is 22.0 Å². The third-order valence-corrected chi connectivity index (χ3v) is 4.02. The standard InChI is InChI=1S/C16H16ClNO2S/c1-21-14-7-5-11(6-8-14)15(19)10-18-16(20)12-3-2-4-13(17)9-12/h2-9,15,19H,10H2,1H3,(H,18,20)/t15-/m1/s1. The predicted molar refractivity (Wildman–Crippen MR) is 87.0 cm³/mol. The molecule has 0 saturated carbocycles. The summed E-state index contributed by atoms with van der Waals surface area (Å²) < 4.78 is 0. The lowest BCUT2D eigenvalue weighted by molar-refractivity contribution is 0.0916. The molecule has 3 nitrogen and oxygen atoms in total. The SMILES string of the molecule is CSc1ccc([C@H](O)CNC(=O)c2cccc(Cl)c2)cc1. The lowest BCUT2D eigenvalue weighted by Crippen LogP contribution is -2.28. The molecule has 110 valence electrons. The number of rotatable bonds is 5. The molecule has 2 rings (SSSR count). The van der Waals surface area contributed by atoms with Crippen molar-refractivity contribution in [2.75, 3.05) is 12.8 Å². The summed E-state index contributed by atoms with van der Waals surface area (Å²) in [4.78, 5) is 13.1. The predicted octanol–water partition coefficient (Wildman–Crippen LogP) is 3.53. The summed E-state index contributed by atoms with van der Waals surface area (Å²) in [6.07, 6.45) is 1.26. The van der Waals surface area contributed by atoms with Gasteiger partial charge in [-0.15, -0.1) is 11.8 Å². The van der Waals surface area contributed by atoms with Crippen molar-refractivity contribution in [3.05, 3.63) is 64.7 Å². The fourth-order valence-electron chi connectivity index (χ4n) is 1.87. The molecule has 0 radical (unpaired) electrons. The van der Waals surface area contributed by atoms with E-state index >= 15 is 0 Å². The highest BCUT2D eigenvalue weighted by atomic mass is 35.5. The van der Waals surface area contributed by atoms with E-state index in [9.17, 15) is 9.90 Å². The molecule has 1 atom stereocenters. The van der Waals surface area contributed by atoms with E-state index in [4.69, 9.17) is 11.6 Å². The molecule has 2 aromatic carbocycles. The summed E-state index contributed by atoms with van der Waals surface area (Å²) in [6.45, 7) is 0.157. The minimum Gasteiger partial charge on any atom is -0.387 e. The van der Waals surface area contributed by atoms with Crippen molar-refractivity contribution < 1.29 is 9.90 Å². The number of amides is 1. The third kappa shape index (κ3) is 4.49. The molecule has 0 aromatic heterocycles. The Morgan fingerprint density at radius 3 is 2.62 bits per heavy atom. The molecule has 0 bridgehead atoms. The third-order valence-electron chi connectivity index (χ3n) is 3.04. The van der Waals surface area contributed by atoms with Gasteiger partial charge in [0, 0.05) is 22.0 Å². The van der Waals surface area contributed by atoms with E-state index in [0.29, 0.717) is 10.6 Å². The van der Waals surface area contributed by atoms with Crippen molar-refractivity contribution >= 4 is 29.3 Å². The Hall–Kier alpha value is -1.49. The molecule has 0 aliphatic rings. The van der Waals surface area contributed by atoms with E-state index < -0.39 is 6.10 Å². The van der Waals surface area contributed by atoms with Crippen LogP contribution in [0.4, 0.5) is 0 Å². The highest BCUT2D eigenvalue weighted by molar-refractivity contribution is 7.98. The van der Waals surface area contributed by atoms with Crippen molar-refractivity contribution in [3.63, 3.8) is 0 Å². The second-order valence-corrected chi connectivity index (χ2v) is 5.83. The lowest BCUT2D eigenvalue weighted by Gasteiger charge is -2.13. The Bertz CT molecular complexity index is 616. The fraction of sp³-hybridized carbons (Fsp3) is 0.188. The Morgan fingerprint density at radius 2 is 2.00 bits per heavy atom. The van der Waals surface area contributed by atoms with Gasteiger partial charge in [0.2, 0.25) is 0 Å². The van der Waals surface area contributed by atoms with Gasteiger partial charge in [-0.25, -0.2) is 0 Å². The number of hydrogen-bond acceptors (Lipinski definition) is 3. The van der Waals surface area contributed by atoms with Gasteiger partial charge in [0.05, 0.1) is 6.10 Å². The van der Waals surface area contributed by atoms with Crippen LogP contribution in [0.3, 0.4) is 0 Å². The summed E-state index contributed by atoms with van der Waals surface area (Å²) in [7, 11) is 0. The number of aliphatic hydroxyl groups excluding tert-OH is 1. The monoisotopic (exact) mass is 321 g/mol. The smallest absolute Gasteiger partial charge is 0.251 e. The zero-order chi connectivity index (χ0) is 15.2. The first-order valence-corrected chi connectivity index (χ1v) is 8.06. The number of benzene rings is 2. The van der Waals surface area contributed by atoms with Gasteiger partial charge in [0.25, 0.3) is 5.91 Å². The van der Waals surface area contributed by atoms with Crippen LogP contribution in [0.15, 0.2) is 53.4 Å². The quantitative estimate of drug-likeness (QED) is 0.828. The molecule has 0 unspecified atom stereocenters. The van der Waals surface area contributed by atoms with Crippen LogP contribution in [0.2, 0.25) is 5.02 Å². The number of hydrogen-bond donors (Lipinski definition) is 2. The molecule has 2 N–H and O–H groups in total. The topological polar surface area (TPSA) is 49.3 Å². The average molecular weight is 322 g/mol. The molecule has 1 amide bonds. The molecule has 5 heteroatoms. The minimum absolute atomic E-state index is 0.157. The molecule has 0 saturated heterocycles. The van der Waals surface area contributed by atoms with Crippen molar-refractivity contribution in [2.45, 2.75) is 11.0 Å². The van der Waals surface area contributed by atoms with Crippen molar-refractivity contribution in [1.29, 1.82) is 0 Å². The van der Waals surface area contributed by atoms with E-state index in [0.717, 1.165) is 10.5 Å². The summed E-state index contributed by atoms with van der Waals surface area (Å²) in [5, 5.41) is 13.3. The Morgan fingerprint density at radius 1 is 1.29 bits per heavy atom. The maximum absolute atomic E-state index is 11.9. The van der Waals surface area contributed by atoms with E-state index in [1.165, 1.54) is 0 Å². The van der Waals surface area contributed by atoms with Crippen molar-refractivity contribution in [1.82, 2.24) is 5.32 Å². The number of nitrogens with one attached hydrogen (secondary N) is 1. The van der Waals surface area contributed by atoms with E-state index in [1.54, 1.807) is 36.0 Å². The fourth-order valence-corrected chi connectivity index (χ4v) is 2.46. The first-order valence-electron chi connectivity index (χ1n) is 6.46. The van der Waals surface area contributed by atoms with E-state index in [-0.39, 0.29) is 12.5 Å². The highest BCUT2D eigenvalue weighted by Gasteiger charge is 2.11. The van der Waals surface area contributed by atoms with Gasteiger partial charge in [0.1, 0.15) is 0 Å². The second-order valence-electron chi connectivity index (χ2n) is 4.51. The van der Waals surface area contributed by atoms with E-state index in [2.05, 4.69) is 5.32 Å². The number of carbonyl (C=O) groups excluding carboxylic acids is 1. The van der Waals surface area contributed by atoms with Crippen LogP contribution >= 0.6 is 23.4 Å². The first kappa shape index (κ1) is 15.9. The van der Waals surface area contributed by atoms with Crippen molar-refractivity contribution in [3.8, 4) is 0 Å². The molecule has 0 aliphatic carbocycles. The zero-order valence-corrected chi connectivity index (χ0v) is 13.1. The maximum atomic E-state index is 11.9. The molecular weight excluding hydrogens is 306 g/mol. The van der Waals surface area contributed by atoms with Crippen LogP contribution < -0.4 is 5.32 Å². The molecule has 21 heavy (non-hydrogen) atoms. The maximum Gasteiger partial charge on any atom is 0.251 e. The normalized spacial score (nSPS) is 12.0. The summed E-state index contributed by atoms with van der Waals surface area (Å²) >= 11 is 7.49. The largest absolute Gasteiger partial charge is 0.387 e. The molecule has 0 heterocycles. The van der Waals surface area contributed by atoms with Crippen LogP contribution in [0, 0.1) is 0 Å². The van der Waals surface area contributed by atoms with E-state index in [1.807, 2.05) is 30.5 Å². The second kappa shape index (κ2) is 7.50. The zero-order valence-electron chi connectivity index (χ0n) is 11.5. The Labute approximate surface area is 133 Å². The molecule has 2 aromatic rings. The summed E-state index contributed by atoms with van der Waals surface area (Å²) in [5.41, 5.74) is 1.26. The van der Waals surface area contributed by atoms with Gasteiger partial charge in [-0.1, -0.05) is 29.8 Å². The van der Waals surface area contributed by atoms with Gasteiger partial charge < -0.3 is 10.4 Å². The number of thioether (sulfide) groups is 1. The first-order chi connectivity index (χ1) is 10.1. The Kier molecular flexibility index (Phi) is 5.67. The van der Waals surface area contributed by atoms with Gasteiger partial charge in [-0.3, -0.25) is 4.79 Å². The number of aliphatic hydroxyl groups is 1. The number of halogens is 1.